The monoisotopic (exact) mass is 330 g/mol. The molecule has 1 saturated heterocycles. The maximum atomic E-state index is 12.1. The average molecular weight is 330 g/mol. The molecule has 6 heteroatoms. The van der Waals surface area contributed by atoms with E-state index in [1.54, 1.807) is 17.1 Å². The zero-order valence-electron chi connectivity index (χ0n) is 13.5. The van der Waals surface area contributed by atoms with Gasteiger partial charge in [-0.05, 0) is 44.9 Å². The highest BCUT2D eigenvalue weighted by atomic mass is 32.1. The number of hydrogen-bond donors (Lipinski definition) is 0. The zero-order valence-corrected chi connectivity index (χ0v) is 14.3. The van der Waals surface area contributed by atoms with Crippen LogP contribution in [0.2, 0.25) is 0 Å². The number of hydrogen-bond acceptors (Lipinski definition) is 5. The smallest absolute Gasteiger partial charge is 0.256 e. The molecule has 0 aromatic carbocycles. The lowest BCUT2D eigenvalue weighted by Crippen LogP contribution is -2.36. The van der Waals surface area contributed by atoms with Crippen molar-refractivity contribution in [3.05, 3.63) is 39.0 Å². The number of nitrogens with zero attached hydrogens (tertiary/aromatic N) is 4. The molecule has 5 nitrogen and oxygen atoms in total. The maximum absolute atomic E-state index is 12.1. The maximum Gasteiger partial charge on any atom is 0.256 e. The van der Waals surface area contributed by atoms with Crippen LogP contribution < -0.4 is 10.5 Å². The molecule has 0 unspecified atom stereocenters. The Bertz CT molecular complexity index is 737. The van der Waals surface area contributed by atoms with Gasteiger partial charge in [0.1, 0.15) is 0 Å². The van der Waals surface area contributed by atoms with Crippen molar-refractivity contribution >= 4 is 16.5 Å². The van der Waals surface area contributed by atoms with Gasteiger partial charge in [-0.15, -0.1) is 11.3 Å². The van der Waals surface area contributed by atoms with Crippen LogP contribution in [0.4, 0.5) is 5.13 Å². The molecule has 1 aliphatic carbocycles. The molecular weight excluding hydrogens is 308 g/mol. The average Bonchev–Trinajstić information content (AvgIpc) is 3.14. The number of thiazole rings is 1. The lowest BCUT2D eigenvalue weighted by atomic mass is 9.97. The molecule has 1 fully saturated rings. The number of aromatic nitrogens is 3. The lowest BCUT2D eigenvalue weighted by Gasteiger charge is -2.32. The van der Waals surface area contributed by atoms with Gasteiger partial charge in [-0.25, -0.2) is 9.97 Å². The fraction of sp³-hybridized carbons (Fsp3) is 0.588. The van der Waals surface area contributed by atoms with Crippen molar-refractivity contribution in [2.75, 3.05) is 18.0 Å². The quantitative estimate of drug-likeness (QED) is 0.867. The van der Waals surface area contributed by atoms with Crippen molar-refractivity contribution in [1.82, 2.24) is 14.5 Å². The van der Waals surface area contributed by atoms with Crippen molar-refractivity contribution in [1.29, 1.82) is 0 Å². The Kier molecular flexibility index (Phi) is 3.93. The van der Waals surface area contributed by atoms with E-state index in [4.69, 9.17) is 4.98 Å². The molecule has 0 spiro atoms. The summed E-state index contributed by atoms with van der Waals surface area (Å²) in [6.07, 6.45) is 9.19. The van der Waals surface area contributed by atoms with E-state index in [0.29, 0.717) is 5.92 Å². The van der Waals surface area contributed by atoms with E-state index >= 15 is 0 Å². The highest BCUT2D eigenvalue weighted by Crippen LogP contribution is 2.34. The van der Waals surface area contributed by atoms with Crippen LogP contribution in [0.3, 0.4) is 0 Å². The summed E-state index contributed by atoms with van der Waals surface area (Å²) in [5, 5.41) is 1.21. The van der Waals surface area contributed by atoms with Crippen LogP contribution in [0, 0.1) is 12.8 Å². The minimum Gasteiger partial charge on any atom is -0.348 e. The lowest BCUT2D eigenvalue weighted by molar-refractivity contribution is 0.350. The molecular formula is C17H22N4OS. The first kappa shape index (κ1) is 14.9. The van der Waals surface area contributed by atoms with E-state index in [9.17, 15) is 4.79 Å². The van der Waals surface area contributed by atoms with Gasteiger partial charge in [-0.2, -0.15) is 0 Å². The van der Waals surface area contributed by atoms with Gasteiger partial charge in [0, 0.05) is 36.3 Å². The molecule has 2 aromatic heterocycles. The van der Waals surface area contributed by atoms with Crippen molar-refractivity contribution in [3.63, 3.8) is 0 Å². The molecule has 23 heavy (non-hydrogen) atoms. The fourth-order valence-corrected chi connectivity index (χ4v) is 4.79. The van der Waals surface area contributed by atoms with E-state index in [0.717, 1.165) is 44.5 Å². The molecule has 0 atom stereocenters. The summed E-state index contributed by atoms with van der Waals surface area (Å²) in [5.41, 5.74) is 2.16. The minimum absolute atomic E-state index is 0.0961. The van der Waals surface area contributed by atoms with E-state index in [1.807, 2.05) is 18.3 Å². The molecule has 0 bridgehead atoms. The number of aryl methyl sites for hydroxylation is 3. The molecule has 2 aromatic rings. The van der Waals surface area contributed by atoms with Crippen LogP contribution in [0.5, 0.6) is 0 Å². The first-order valence-corrected chi connectivity index (χ1v) is 9.27. The Labute approximate surface area is 140 Å². The molecule has 0 amide bonds. The number of piperidine rings is 1. The van der Waals surface area contributed by atoms with Gasteiger partial charge < -0.3 is 4.90 Å². The van der Waals surface area contributed by atoms with Crippen LogP contribution in [-0.2, 0) is 19.4 Å². The van der Waals surface area contributed by atoms with Gasteiger partial charge in [0.2, 0.25) is 0 Å². The largest absolute Gasteiger partial charge is 0.348 e. The topological polar surface area (TPSA) is 51.0 Å². The summed E-state index contributed by atoms with van der Waals surface area (Å²) in [7, 11) is 0. The Morgan fingerprint density at radius 1 is 1.30 bits per heavy atom. The van der Waals surface area contributed by atoms with Crippen LogP contribution >= 0.6 is 11.3 Å². The predicted octanol–water partition coefficient (Wildman–Crippen LogP) is 2.41. The predicted molar refractivity (Wildman–Crippen MR) is 92.3 cm³/mol. The number of anilines is 1. The summed E-state index contributed by atoms with van der Waals surface area (Å²) in [6, 6.07) is 0. The van der Waals surface area contributed by atoms with Gasteiger partial charge in [-0.1, -0.05) is 0 Å². The first-order chi connectivity index (χ1) is 11.2. The standard InChI is InChI=1S/C17H22N4OS/c1-12-9-18-11-21(16(12)22)10-13-5-7-20(8-6-13)17-19-14-3-2-4-15(14)23-17/h9,11,13H,2-8,10H2,1H3. The third kappa shape index (κ3) is 2.92. The highest BCUT2D eigenvalue weighted by Gasteiger charge is 2.24. The normalized spacial score (nSPS) is 18.4. The van der Waals surface area contributed by atoms with E-state index in [2.05, 4.69) is 9.88 Å². The summed E-state index contributed by atoms with van der Waals surface area (Å²) in [6.45, 7) is 4.71. The summed E-state index contributed by atoms with van der Waals surface area (Å²) in [4.78, 5) is 25.0. The Balaban J connectivity index is 1.39. The third-order valence-electron chi connectivity index (χ3n) is 5.00. The molecule has 2 aliphatic rings. The second-order valence-electron chi connectivity index (χ2n) is 6.68. The van der Waals surface area contributed by atoms with E-state index in [1.165, 1.54) is 28.5 Å². The Morgan fingerprint density at radius 3 is 2.91 bits per heavy atom. The first-order valence-electron chi connectivity index (χ1n) is 8.45. The number of rotatable bonds is 3. The van der Waals surface area contributed by atoms with Crippen LogP contribution in [0.25, 0.3) is 0 Å². The highest BCUT2D eigenvalue weighted by molar-refractivity contribution is 7.15. The molecule has 0 saturated carbocycles. The molecule has 1 aliphatic heterocycles. The van der Waals surface area contributed by atoms with Crippen molar-refractivity contribution in [2.24, 2.45) is 5.92 Å². The Morgan fingerprint density at radius 2 is 2.13 bits per heavy atom. The second kappa shape index (κ2) is 6.07. The second-order valence-corrected chi connectivity index (χ2v) is 7.75. The van der Waals surface area contributed by atoms with Crippen LogP contribution in [0.1, 0.15) is 35.4 Å². The van der Waals surface area contributed by atoms with Gasteiger partial charge >= 0.3 is 0 Å². The molecule has 0 N–H and O–H groups in total. The van der Waals surface area contributed by atoms with Gasteiger partial charge in [0.05, 0.1) is 12.0 Å². The van der Waals surface area contributed by atoms with Gasteiger partial charge in [0.15, 0.2) is 5.13 Å². The summed E-state index contributed by atoms with van der Waals surface area (Å²) < 4.78 is 1.77. The van der Waals surface area contributed by atoms with Crippen LogP contribution in [0.15, 0.2) is 17.3 Å². The van der Waals surface area contributed by atoms with Crippen molar-refractivity contribution in [3.8, 4) is 0 Å². The van der Waals surface area contributed by atoms with Crippen LogP contribution in [-0.4, -0.2) is 27.6 Å². The van der Waals surface area contributed by atoms with Gasteiger partial charge in [0.25, 0.3) is 5.56 Å². The molecule has 3 heterocycles. The fourth-order valence-electron chi connectivity index (χ4n) is 3.59. The molecule has 0 radical (unpaired) electrons. The van der Waals surface area contributed by atoms with Crippen molar-refractivity contribution in [2.45, 2.75) is 45.6 Å². The third-order valence-corrected chi connectivity index (χ3v) is 6.21. The summed E-state index contributed by atoms with van der Waals surface area (Å²) >= 11 is 1.89. The van der Waals surface area contributed by atoms with Gasteiger partial charge in [-0.3, -0.25) is 9.36 Å². The zero-order chi connectivity index (χ0) is 15.8. The van der Waals surface area contributed by atoms with E-state index < -0.39 is 0 Å². The summed E-state index contributed by atoms with van der Waals surface area (Å²) in [5.74, 6) is 0.555. The minimum atomic E-state index is 0.0961. The van der Waals surface area contributed by atoms with Crippen molar-refractivity contribution < 1.29 is 0 Å². The number of fused-ring (bicyclic) bond motifs is 1. The Hall–Kier alpha value is -1.69. The SMILES string of the molecule is Cc1cncn(CC2CCN(c3nc4c(s3)CCC4)CC2)c1=O. The molecule has 4 rings (SSSR count). The molecule has 122 valence electrons. The van der Waals surface area contributed by atoms with E-state index in [-0.39, 0.29) is 5.56 Å².